The van der Waals surface area contributed by atoms with E-state index in [1.54, 1.807) is 0 Å². The maximum Gasteiger partial charge on any atom is 0.326 e. The van der Waals surface area contributed by atoms with Gasteiger partial charge in [0.05, 0.1) is 28.4 Å². The molecule has 160 valence electrons. The summed E-state index contributed by atoms with van der Waals surface area (Å²) in [6, 6.07) is 0. The third-order valence-electron chi connectivity index (χ3n) is 4.86. The predicted octanol–water partition coefficient (Wildman–Crippen LogP) is 1.13. The van der Waals surface area contributed by atoms with Gasteiger partial charge in [-0.25, -0.2) is 0 Å². The van der Waals surface area contributed by atoms with Crippen LogP contribution in [0.2, 0.25) is 0 Å². The van der Waals surface area contributed by atoms with Gasteiger partial charge in [0.2, 0.25) is 0 Å². The predicted molar refractivity (Wildman–Crippen MR) is 100 cm³/mol. The van der Waals surface area contributed by atoms with E-state index in [4.69, 9.17) is 23.7 Å². The molecule has 2 atom stereocenters. The molecule has 0 fully saturated rings. The number of methoxy groups -OCH3 is 4. The Bertz CT molecular complexity index is 617. The Kier molecular flexibility index (Phi) is 8.32. The molecule has 1 aliphatic heterocycles. The Morgan fingerprint density at radius 3 is 1.24 bits per heavy atom. The number of esters is 4. The van der Waals surface area contributed by atoms with Crippen LogP contribution in [0.4, 0.5) is 0 Å². The van der Waals surface area contributed by atoms with Gasteiger partial charge in [-0.15, -0.1) is 13.2 Å². The lowest BCUT2D eigenvalue weighted by Gasteiger charge is -2.36. The van der Waals surface area contributed by atoms with Crippen LogP contribution in [-0.4, -0.2) is 64.5 Å². The Labute approximate surface area is 169 Å². The summed E-state index contributed by atoms with van der Waals surface area (Å²) in [4.78, 5) is 50.4. The highest BCUT2D eigenvalue weighted by Crippen LogP contribution is 2.43. The van der Waals surface area contributed by atoms with E-state index in [1.807, 2.05) is 0 Å². The van der Waals surface area contributed by atoms with E-state index >= 15 is 0 Å². The van der Waals surface area contributed by atoms with Gasteiger partial charge in [-0.3, -0.25) is 19.2 Å². The highest BCUT2D eigenvalue weighted by Gasteiger charge is 2.61. The van der Waals surface area contributed by atoms with Crippen molar-refractivity contribution in [3.8, 4) is 0 Å². The number of carbonyl (C=O) groups excluding carboxylic acids is 4. The molecule has 0 amide bonds. The molecule has 0 N–H and O–H groups in total. The van der Waals surface area contributed by atoms with Gasteiger partial charge in [0.15, 0.2) is 10.8 Å². The van der Waals surface area contributed by atoms with Gasteiger partial charge >= 0.3 is 23.9 Å². The van der Waals surface area contributed by atoms with Gasteiger partial charge in [0, 0.05) is 0 Å². The lowest BCUT2D eigenvalue weighted by atomic mass is 9.78. The fourth-order valence-corrected chi connectivity index (χ4v) is 3.39. The molecule has 9 heteroatoms. The van der Waals surface area contributed by atoms with Crippen LogP contribution in [0.1, 0.15) is 12.8 Å². The van der Waals surface area contributed by atoms with Crippen LogP contribution < -0.4 is 0 Å². The zero-order valence-electron chi connectivity index (χ0n) is 17.0. The molecule has 0 unspecified atom stereocenters. The molecule has 0 aromatic heterocycles. The molecule has 1 rings (SSSR count). The van der Waals surface area contributed by atoms with Crippen LogP contribution in [0.25, 0.3) is 0 Å². The lowest BCUT2D eigenvalue weighted by molar-refractivity contribution is -0.188. The molecule has 0 spiro atoms. The topological polar surface area (TPSA) is 114 Å². The van der Waals surface area contributed by atoms with Crippen molar-refractivity contribution in [1.29, 1.82) is 0 Å². The van der Waals surface area contributed by atoms with Crippen molar-refractivity contribution in [2.75, 3.05) is 28.4 Å². The molecule has 1 heterocycles. The van der Waals surface area contributed by atoms with Crippen LogP contribution >= 0.6 is 0 Å². The molecule has 0 aromatic rings. The summed E-state index contributed by atoms with van der Waals surface area (Å²) in [5, 5.41) is 0. The zero-order chi connectivity index (χ0) is 22.2. The Morgan fingerprint density at radius 2 is 1.03 bits per heavy atom. The van der Waals surface area contributed by atoms with Crippen LogP contribution in [0.15, 0.2) is 37.5 Å². The van der Waals surface area contributed by atoms with Crippen LogP contribution in [-0.2, 0) is 42.9 Å². The molecule has 0 radical (unpaired) electrons. The molecule has 0 bridgehead atoms. The van der Waals surface area contributed by atoms with Gasteiger partial charge < -0.3 is 23.7 Å². The second kappa shape index (κ2) is 10.0. The minimum Gasteiger partial charge on any atom is -0.468 e. The van der Waals surface area contributed by atoms with E-state index < -0.39 is 46.9 Å². The minimum absolute atomic E-state index is 0.168. The number of carbonyl (C=O) groups is 4. The number of hydrogen-bond donors (Lipinski definition) is 0. The summed E-state index contributed by atoms with van der Waals surface area (Å²) in [6.45, 7) is 7.15. The minimum atomic E-state index is -1.91. The molecule has 29 heavy (non-hydrogen) atoms. The van der Waals surface area contributed by atoms with E-state index in [9.17, 15) is 19.2 Å². The van der Waals surface area contributed by atoms with E-state index in [0.29, 0.717) is 0 Å². The highest BCUT2D eigenvalue weighted by atomic mass is 16.6. The molecule has 0 aromatic carbocycles. The fourth-order valence-electron chi connectivity index (χ4n) is 3.39. The Balaban J connectivity index is 3.51. The number of ether oxygens (including phenoxy) is 5. The lowest BCUT2D eigenvalue weighted by Crippen LogP contribution is -2.54. The van der Waals surface area contributed by atoms with E-state index in [1.165, 1.54) is 24.3 Å². The van der Waals surface area contributed by atoms with Crippen LogP contribution in [0.5, 0.6) is 0 Å². The van der Waals surface area contributed by atoms with Crippen molar-refractivity contribution in [2.45, 2.75) is 25.0 Å². The first-order valence-electron chi connectivity index (χ1n) is 8.65. The maximum atomic E-state index is 12.6. The Hall–Kier alpha value is -2.94. The summed E-state index contributed by atoms with van der Waals surface area (Å²) in [5.74, 6) is -3.65. The summed E-state index contributed by atoms with van der Waals surface area (Å²) < 4.78 is 25.1. The van der Waals surface area contributed by atoms with Gasteiger partial charge in [-0.05, 0) is 12.8 Å². The van der Waals surface area contributed by atoms with Gasteiger partial charge in [-0.2, -0.15) is 0 Å². The van der Waals surface area contributed by atoms with E-state index in [-0.39, 0.29) is 12.8 Å². The van der Waals surface area contributed by atoms with E-state index in [0.717, 1.165) is 28.4 Å². The third kappa shape index (κ3) is 3.95. The maximum absolute atomic E-state index is 12.6. The van der Waals surface area contributed by atoms with E-state index in [2.05, 4.69) is 13.2 Å². The van der Waals surface area contributed by atoms with Crippen molar-refractivity contribution < 1.29 is 42.9 Å². The molecule has 1 aliphatic rings. The molecule has 9 nitrogen and oxygen atoms in total. The number of allylic oxidation sites excluding steroid dienone is 2. The van der Waals surface area contributed by atoms with Crippen molar-refractivity contribution >= 4 is 23.9 Å². The molecular weight excluding hydrogens is 384 g/mol. The fraction of sp³-hybridized carbons (Fsp3) is 0.500. The second-order valence-corrected chi connectivity index (χ2v) is 6.26. The average molecular weight is 410 g/mol. The van der Waals surface area contributed by atoms with Crippen molar-refractivity contribution in [2.24, 2.45) is 10.8 Å². The molecule has 0 saturated heterocycles. The monoisotopic (exact) mass is 410 g/mol. The largest absolute Gasteiger partial charge is 0.468 e. The zero-order valence-corrected chi connectivity index (χ0v) is 17.0. The Morgan fingerprint density at radius 1 is 0.759 bits per heavy atom. The van der Waals surface area contributed by atoms with Gasteiger partial charge in [-0.1, -0.05) is 24.3 Å². The number of hydrogen-bond acceptors (Lipinski definition) is 9. The third-order valence-corrected chi connectivity index (χ3v) is 4.86. The van der Waals surface area contributed by atoms with Crippen molar-refractivity contribution in [3.63, 3.8) is 0 Å². The molecule has 0 saturated carbocycles. The summed E-state index contributed by atoms with van der Waals surface area (Å²) in [5.41, 5.74) is -3.83. The normalized spacial score (nSPS) is 18.5. The summed E-state index contributed by atoms with van der Waals surface area (Å²) in [7, 11) is 4.46. The molecular formula is C20H26O9. The van der Waals surface area contributed by atoms with Crippen molar-refractivity contribution in [1.82, 2.24) is 0 Å². The quantitative estimate of drug-likeness (QED) is 0.226. The van der Waals surface area contributed by atoms with Gasteiger partial charge in [0.25, 0.3) is 0 Å². The summed E-state index contributed by atoms with van der Waals surface area (Å²) >= 11 is 0. The second-order valence-electron chi connectivity index (χ2n) is 6.26. The smallest absolute Gasteiger partial charge is 0.326 e. The number of rotatable bonds is 10. The SMILES string of the molecule is C=CCC(C(=O)OC)(C(=O)OC)[C@@H]1C=C[C@H](C(CC=C)(C(=O)OC)C(=O)OC)O1. The van der Waals surface area contributed by atoms with Gasteiger partial charge in [0.1, 0.15) is 12.2 Å². The van der Waals surface area contributed by atoms with Crippen LogP contribution in [0.3, 0.4) is 0 Å². The first kappa shape index (κ1) is 24.1. The van der Waals surface area contributed by atoms with Crippen molar-refractivity contribution in [3.05, 3.63) is 37.5 Å². The standard InChI is InChI=1S/C20H26O9/c1-7-11-19(15(21)25-3,16(22)26-4)13-9-10-14(29-13)20(12-8-2,17(23)27-5)18(24)28-6/h7-10,13-14H,1-2,11-12H2,3-6H3/t13-,14+. The average Bonchev–Trinajstić information content (AvgIpc) is 3.24. The first-order chi connectivity index (χ1) is 13.8. The first-order valence-corrected chi connectivity index (χ1v) is 8.65. The van der Waals surface area contributed by atoms with Crippen LogP contribution in [0, 0.1) is 10.8 Å². The highest BCUT2D eigenvalue weighted by molar-refractivity contribution is 6.03. The summed E-state index contributed by atoms with van der Waals surface area (Å²) in [6.07, 6.45) is 2.73. The molecule has 0 aliphatic carbocycles.